The van der Waals surface area contributed by atoms with E-state index in [-0.39, 0.29) is 5.91 Å². The lowest BCUT2D eigenvalue weighted by atomic mass is 10.00. The van der Waals surface area contributed by atoms with Crippen molar-refractivity contribution in [3.05, 3.63) is 65.5 Å². The van der Waals surface area contributed by atoms with Crippen LogP contribution in [0.3, 0.4) is 0 Å². The molecule has 1 aromatic heterocycles. The Hall–Kier alpha value is -2.66. The average molecular weight is 334 g/mol. The molecule has 25 heavy (non-hydrogen) atoms. The van der Waals surface area contributed by atoms with E-state index in [1.807, 2.05) is 18.2 Å². The summed E-state index contributed by atoms with van der Waals surface area (Å²) in [7, 11) is 0. The summed E-state index contributed by atoms with van der Waals surface area (Å²) in [5, 5.41) is 3.01. The maximum absolute atomic E-state index is 12.3. The number of imidazole rings is 1. The molecule has 0 unspecified atom stereocenters. The molecule has 1 amide bonds. The first kappa shape index (κ1) is 15.8. The summed E-state index contributed by atoms with van der Waals surface area (Å²) >= 11 is 0. The van der Waals surface area contributed by atoms with Crippen LogP contribution in [0.2, 0.25) is 0 Å². The van der Waals surface area contributed by atoms with Crippen molar-refractivity contribution in [1.29, 1.82) is 0 Å². The van der Waals surface area contributed by atoms with Crippen LogP contribution >= 0.6 is 0 Å². The quantitative estimate of drug-likeness (QED) is 0.705. The van der Waals surface area contributed by atoms with E-state index >= 15 is 0 Å². The number of rotatable bonds is 5. The average Bonchev–Trinajstić information content (AvgIpc) is 3.12. The van der Waals surface area contributed by atoms with E-state index in [0.29, 0.717) is 12.1 Å². The van der Waals surface area contributed by atoms with Gasteiger partial charge in [-0.1, -0.05) is 24.3 Å². The number of nitrogens with zero attached hydrogens (tertiary/aromatic N) is 2. The Kier molecular flexibility index (Phi) is 4.48. The molecule has 5 heteroatoms. The van der Waals surface area contributed by atoms with Gasteiger partial charge < -0.3 is 10.3 Å². The van der Waals surface area contributed by atoms with Gasteiger partial charge in [-0.25, -0.2) is 4.98 Å². The first-order valence-electron chi connectivity index (χ1n) is 8.80. The number of hydrogen-bond donors (Lipinski definition) is 2. The van der Waals surface area contributed by atoms with Crippen molar-refractivity contribution >= 4 is 16.9 Å². The first-order chi connectivity index (χ1) is 12.3. The summed E-state index contributed by atoms with van der Waals surface area (Å²) in [6, 6.07) is 14.2. The van der Waals surface area contributed by atoms with Gasteiger partial charge in [0.2, 0.25) is 0 Å². The van der Waals surface area contributed by atoms with Crippen molar-refractivity contribution < 1.29 is 4.79 Å². The van der Waals surface area contributed by atoms with Crippen LogP contribution in [0.25, 0.3) is 11.0 Å². The highest BCUT2D eigenvalue weighted by Gasteiger charge is 2.15. The minimum Gasteiger partial charge on any atom is -0.352 e. The smallest absolute Gasteiger partial charge is 0.251 e. The maximum Gasteiger partial charge on any atom is 0.251 e. The zero-order valence-electron chi connectivity index (χ0n) is 14.2. The standard InChI is InChI=1S/C20H22N4O/c25-20(16-6-7-18-19(12-16)23-14-22-18)21-9-3-10-24-11-8-15-4-1-2-5-17(15)13-24/h1-2,4-7,12,14H,3,8-11,13H2,(H,21,25)(H,22,23). The highest BCUT2D eigenvalue weighted by Crippen LogP contribution is 2.18. The minimum atomic E-state index is -0.0273. The van der Waals surface area contributed by atoms with Gasteiger partial charge in [0.1, 0.15) is 0 Å². The number of aromatic nitrogens is 2. The Morgan fingerprint density at radius 1 is 1.20 bits per heavy atom. The lowest BCUT2D eigenvalue weighted by Gasteiger charge is -2.28. The molecule has 0 atom stereocenters. The van der Waals surface area contributed by atoms with E-state index in [0.717, 1.165) is 43.5 Å². The fourth-order valence-corrected chi connectivity index (χ4v) is 3.43. The van der Waals surface area contributed by atoms with Gasteiger partial charge in [0.15, 0.2) is 0 Å². The zero-order valence-corrected chi connectivity index (χ0v) is 14.2. The number of benzene rings is 2. The Bertz CT molecular complexity index is 886. The molecule has 1 aliphatic heterocycles. The monoisotopic (exact) mass is 334 g/mol. The van der Waals surface area contributed by atoms with E-state index in [1.54, 1.807) is 6.33 Å². The molecule has 2 N–H and O–H groups in total. The number of aromatic amines is 1. The molecule has 0 saturated heterocycles. The zero-order chi connectivity index (χ0) is 17.1. The Balaban J connectivity index is 1.25. The molecular formula is C20H22N4O. The predicted molar refractivity (Wildman–Crippen MR) is 98.5 cm³/mol. The highest BCUT2D eigenvalue weighted by atomic mass is 16.1. The van der Waals surface area contributed by atoms with Gasteiger partial charge >= 0.3 is 0 Å². The number of amides is 1. The van der Waals surface area contributed by atoms with Crippen molar-refractivity contribution in [1.82, 2.24) is 20.2 Å². The molecule has 0 saturated carbocycles. The minimum absolute atomic E-state index is 0.0273. The largest absolute Gasteiger partial charge is 0.352 e. The molecule has 0 radical (unpaired) electrons. The first-order valence-corrected chi connectivity index (χ1v) is 8.80. The molecule has 4 rings (SSSR count). The third-order valence-corrected chi connectivity index (χ3v) is 4.83. The summed E-state index contributed by atoms with van der Waals surface area (Å²) in [5.41, 5.74) is 5.34. The molecule has 0 bridgehead atoms. The summed E-state index contributed by atoms with van der Waals surface area (Å²) < 4.78 is 0. The third-order valence-electron chi connectivity index (χ3n) is 4.83. The third kappa shape index (κ3) is 3.56. The normalized spacial score (nSPS) is 14.4. The van der Waals surface area contributed by atoms with Crippen molar-refractivity contribution in [3.63, 3.8) is 0 Å². The number of H-pyrrole nitrogens is 1. The predicted octanol–water partition coefficient (Wildman–Crippen LogP) is 2.74. The molecule has 3 aromatic rings. The van der Waals surface area contributed by atoms with Crippen molar-refractivity contribution in [2.45, 2.75) is 19.4 Å². The number of carbonyl (C=O) groups excluding carboxylic acids is 1. The molecule has 2 heterocycles. The second-order valence-corrected chi connectivity index (χ2v) is 6.54. The summed E-state index contributed by atoms with van der Waals surface area (Å²) in [4.78, 5) is 21.9. The van der Waals surface area contributed by atoms with Crippen molar-refractivity contribution in [2.75, 3.05) is 19.6 Å². The van der Waals surface area contributed by atoms with Crippen LogP contribution in [0.15, 0.2) is 48.8 Å². The van der Waals surface area contributed by atoms with E-state index in [4.69, 9.17) is 0 Å². The second kappa shape index (κ2) is 7.07. The number of fused-ring (bicyclic) bond motifs is 2. The van der Waals surface area contributed by atoms with E-state index in [2.05, 4.69) is 44.5 Å². The molecule has 128 valence electrons. The Morgan fingerprint density at radius 2 is 2.08 bits per heavy atom. The number of hydrogen-bond acceptors (Lipinski definition) is 3. The van der Waals surface area contributed by atoms with Crippen LogP contribution in [0.1, 0.15) is 27.9 Å². The van der Waals surface area contributed by atoms with Crippen LogP contribution in [0.5, 0.6) is 0 Å². The van der Waals surface area contributed by atoms with Gasteiger partial charge in [-0.15, -0.1) is 0 Å². The van der Waals surface area contributed by atoms with E-state index in [9.17, 15) is 4.79 Å². The van der Waals surface area contributed by atoms with Crippen LogP contribution in [-0.2, 0) is 13.0 Å². The Morgan fingerprint density at radius 3 is 3.00 bits per heavy atom. The maximum atomic E-state index is 12.3. The van der Waals surface area contributed by atoms with Crippen molar-refractivity contribution in [2.24, 2.45) is 0 Å². The fraction of sp³-hybridized carbons (Fsp3) is 0.300. The molecule has 0 aliphatic carbocycles. The number of carbonyl (C=O) groups is 1. The van der Waals surface area contributed by atoms with Crippen LogP contribution in [-0.4, -0.2) is 40.4 Å². The molecular weight excluding hydrogens is 312 g/mol. The van der Waals surface area contributed by atoms with Gasteiger partial charge in [-0.2, -0.15) is 0 Å². The lowest BCUT2D eigenvalue weighted by molar-refractivity contribution is 0.0951. The van der Waals surface area contributed by atoms with Gasteiger partial charge in [-0.3, -0.25) is 9.69 Å². The van der Waals surface area contributed by atoms with Crippen LogP contribution < -0.4 is 5.32 Å². The molecule has 0 fully saturated rings. The second-order valence-electron chi connectivity index (χ2n) is 6.54. The van der Waals surface area contributed by atoms with Crippen molar-refractivity contribution in [3.8, 4) is 0 Å². The molecule has 1 aliphatic rings. The van der Waals surface area contributed by atoms with Gasteiger partial charge in [0.05, 0.1) is 17.4 Å². The van der Waals surface area contributed by atoms with Gasteiger partial charge in [0, 0.05) is 31.7 Å². The Labute approximate surface area is 147 Å². The number of nitrogens with one attached hydrogen (secondary N) is 2. The topological polar surface area (TPSA) is 61.0 Å². The summed E-state index contributed by atoms with van der Waals surface area (Å²) in [5.74, 6) is -0.0273. The summed E-state index contributed by atoms with van der Waals surface area (Å²) in [6.07, 6.45) is 3.72. The van der Waals surface area contributed by atoms with E-state index in [1.165, 1.54) is 11.1 Å². The van der Waals surface area contributed by atoms with Crippen LogP contribution in [0, 0.1) is 0 Å². The molecule has 2 aromatic carbocycles. The SMILES string of the molecule is O=C(NCCCN1CCc2ccccc2C1)c1ccc2nc[nH]c2c1. The highest BCUT2D eigenvalue weighted by molar-refractivity contribution is 5.97. The molecule has 0 spiro atoms. The lowest BCUT2D eigenvalue weighted by Crippen LogP contribution is -2.33. The molecule has 5 nitrogen and oxygen atoms in total. The van der Waals surface area contributed by atoms with E-state index < -0.39 is 0 Å². The summed E-state index contributed by atoms with van der Waals surface area (Å²) in [6.45, 7) is 3.81. The van der Waals surface area contributed by atoms with Crippen LogP contribution in [0.4, 0.5) is 0 Å². The fourth-order valence-electron chi connectivity index (χ4n) is 3.43. The van der Waals surface area contributed by atoms with Gasteiger partial charge in [-0.05, 0) is 42.2 Å². The van der Waals surface area contributed by atoms with Gasteiger partial charge in [0.25, 0.3) is 5.91 Å².